The van der Waals surface area contributed by atoms with E-state index in [4.69, 9.17) is 9.15 Å². The minimum atomic E-state index is -3.07. The molecule has 7 nitrogen and oxygen atoms in total. The van der Waals surface area contributed by atoms with Crippen molar-refractivity contribution in [2.24, 2.45) is 0 Å². The maximum Gasteiger partial charge on any atom is 0.387 e. The number of hydrogen-bond donors (Lipinski definition) is 2. The molecule has 0 aliphatic carbocycles. The van der Waals surface area contributed by atoms with Gasteiger partial charge in [-0.05, 0) is 17.7 Å². The molecule has 1 aromatic heterocycles. The average Bonchev–Trinajstić information content (AvgIpc) is 2.83. The van der Waals surface area contributed by atoms with Crippen LogP contribution in [0.5, 0.6) is 17.2 Å². The van der Waals surface area contributed by atoms with Gasteiger partial charge in [-0.2, -0.15) is 8.78 Å². The number of fused-ring (bicyclic) bond motifs is 1. The van der Waals surface area contributed by atoms with Crippen molar-refractivity contribution in [1.29, 1.82) is 0 Å². The van der Waals surface area contributed by atoms with Gasteiger partial charge in [-0.3, -0.25) is 9.59 Å². The van der Waals surface area contributed by atoms with Gasteiger partial charge in [0, 0.05) is 29.2 Å². The Kier molecular flexibility index (Phi) is 6.68. The monoisotopic (exact) mass is 482 g/mol. The third-order valence-electron chi connectivity index (χ3n) is 5.49. The minimum Gasteiger partial charge on any atom is -0.507 e. The van der Waals surface area contributed by atoms with Crippen molar-refractivity contribution >= 4 is 16.9 Å². The van der Waals surface area contributed by atoms with E-state index in [1.165, 1.54) is 31.4 Å². The van der Waals surface area contributed by atoms with Crippen LogP contribution in [0.1, 0.15) is 23.5 Å². The smallest absolute Gasteiger partial charge is 0.387 e. The normalized spacial score (nSPS) is 12.0. The highest BCUT2D eigenvalue weighted by Gasteiger charge is 2.28. The summed E-state index contributed by atoms with van der Waals surface area (Å²) in [7, 11) is 1.18. The van der Waals surface area contributed by atoms with E-state index in [2.05, 4.69) is 4.74 Å². The van der Waals surface area contributed by atoms with Crippen LogP contribution >= 0.6 is 0 Å². The van der Waals surface area contributed by atoms with E-state index in [0.717, 1.165) is 6.07 Å². The van der Waals surface area contributed by atoms with Gasteiger partial charge in [0.05, 0.1) is 13.5 Å². The molecule has 0 saturated heterocycles. The third kappa shape index (κ3) is 4.93. The molecule has 0 spiro atoms. The quantitative estimate of drug-likeness (QED) is 0.350. The van der Waals surface area contributed by atoms with Crippen molar-refractivity contribution < 1.29 is 37.7 Å². The van der Waals surface area contributed by atoms with E-state index in [1.807, 2.05) is 0 Å². The van der Waals surface area contributed by atoms with Crippen LogP contribution in [-0.2, 0) is 9.53 Å². The van der Waals surface area contributed by atoms with Crippen molar-refractivity contribution in [2.45, 2.75) is 19.0 Å². The van der Waals surface area contributed by atoms with Gasteiger partial charge in [0.2, 0.25) is 0 Å². The Balaban J connectivity index is 2.00. The zero-order valence-corrected chi connectivity index (χ0v) is 18.4. The summed E-state index contributed by atoms with van der Waals surface area (Å²) in [5.41, 5.74) is 0.159. The Hall–Kier alpha value is -4.40. The number of methoxy groups -OCH3 is 1. The van der Waals surface area contributed by atoms with Crippen molar-refractivity contribution in [3.05, 3.63) is 88.1 Å². The SMILES string of the molecule is COC(=O)CC(c1cccc(OC(F)F)c1)c1c(O)cc(O)c2c(=O)cc(-c3ccccc3)oc12. The fraction of sp³-hybridized carbons (Fsp3) is 0.154. The Morgan fingerprint density at radius 1 is 1.00 bits per heavy atom. The first kappa shape index (κ1) is 23.7. The van der Waals surface area contributed by atoms with E-state index < -0.39 is 35.4 Å². The summed E-state index contributed by atoms with van der Waals surface area (Å²) in [5.74, 6) is -2.64. The predicted octanol–water partition coefficient (Wildman–Crippen LogP) is 5.17. The number of alkyl halides is 2. The molecule has 1 unspecified atom stereocenters. The van der Waals surface area contributed by atoms with Crippen LogP contribution in [0.2, 0.25) is 0 Å². The molecule has 0 radical (unpaired) electrons. The Morgan fingerprint density at radius 2 is 1.74 bits per heavy atom. The van der Waals surface area contributed by atoms with Crippen LogP contribution < -0.4 is 10.2 Å². The number of phenols is 2. The number of esters is 1. The second kappa shape index (κ2) is 9.84. The van der Waals surface area contributed by atoms with Crippen molar-refractivity contribution in [3.8, 4) is 28.6 Å². The lowest BCUT2D eigenvalue weighted by molar-refractivity contribution is -0.140. The van der Waals surface area contributed by atoms with Gasteiger partial charge in [0.1, 0.15) is 34.0 Å². The number of phenolic OH excluding ortho intramolecular Hbond substituents is 2. The maximum atomic E-state index is 13.0. The summed E-state index contributed by atoms with van der Waals surface area (Å²) in [5, 5.41) is 21.1. The van der Waals surface area contributed by atoms with Crippen molar-refractivity contribution in [3.63, 3.8) is 0 Å². The molecule has 2 N–H and O–H groups in total. The zero-order chi connectivity index (χ0) is 25.1. The first-order valence-corrected chi connectivity index (χ1v) is 10.5. The highest BCUT2D eigenvalue weighted by molar-refractivity contribution is 5.90. The molecule has 0 saturated carbocycles. The first-order valence-electron chi connectivity index (χ1n) is 10.5. The molecule has 1 heterocycles. The summed E-state index contributed by atoms with van der Waals surface area (Å²) in [6, 6.07) is 16.5. The van der Waals surface area contributed by atoms with Gasteiger partial charge < -0.3 is 24.1 Å². The Bertz CT molecular complexity index is 1430. The summed E-state index contributed by atoms with van der Waals surface area (Å²) < 4.78 is 40.9. The molecule has 0 amide bonds. The molecule has 9 heteroatoms. The second-order valence-corrected chi connectivity index (χ2v) is 7.66. The number of benzene rings is 3. The van der Waals surface area contributed by atoms with Crippen molar-refractivity contribution in [2.75, 3.05) is 7.11 Å². The fourth-order valence-corrected chi connectivity index (χ4v) is 3.95. The summed E-state index contributed by atoms with van der Waals surface area (Å²) in [6.07, 6.45) is -0.332. The minimum absolute atomic E-state index is 0.00674. The molecule has 35 heavy (non-hydrogen) atoms. The number of hydrogen-bond acceptors (Lipinski definition) is 7. The number of carbonyl (C=O) groups excluding carboxylic acids is 1. The molecule has 0 bridgehead atoms. The average molecular weight is 482 g/mol. The van der Waals surface area contributed by atoms with Crippen LogP contribution in [-0.4, -0.2) is 29.9 Å². The highest BCUT2D eigenvalue weighted by Crippen LogP contribution is 2.43. The lowest BCUT2D eigenvalue weighted by Gasteiger charge is -2.21. The van der Waals surface area contributed by atoms with Gasteiger partial charge in [-0.15, -0.1) is 0 Å². The maximum absolute atomic E-state index is 13.0. The highest BCUT2D eigenvalue weighted by atomic mass is 19.3. The Morgan fingerprint density at radius 3 is 2.43 bits per heavy atom. The number of rotatable bonds is 7. The lowest BCUT2D eigenvalue weighted by Crippen LogP contribution is -2.13. The van der Waals surface area contributed by atoms with Crippen molar-refractivity contribution in [1.82, 2.24) is 0 Å². The van der Waals surface area contributed by atoms with E-state index >= 15 is 0 Å². The van der Waals surface area contributed by atoms with Gasteiger partial charge in [0.15, 0.2) is 5.43 Å². The van der Waals surface area contributed by atoms with E-state index in [9.17, 15) is 28.6 Å². The van der Waals surface area contributed by atoms with Gasteiger partial charge >= 0.3 is 12.6 Å². The molecule has 4 aromatic rings. The van der Waals surface area contributed by atoms with Crippen LogP contribution in [0.15, 0.2) is 75.9 Å². The lowest BCUT2D eigenvalue weighted by atomic mass is 9.86. The van der Waals surface area contributed by atoms with Crippen LogP contribution in [0.25, 0.3) is 22.3 Å². The van der Waals surface area contributed by atoms with Gasteiger partial charge in [-0.25, -0.2) is 0 Å². The molecule has 180 valence electrons. The zero-order valence-electron chi connectivity index (χ0n) is 18.4. The van der Waals surface area contributed by atoms with Crippen LogP contribution in [0, 0.1) is 0 Å². The summed E-state index contributed by atoms with van der Waals surface area (Å²) >= 11 is 0. The topological polar surface area (TPSA) is 106 Å². The molecule has 0 fully saturated rings. The Labute approximate surface area is 197 Å². The largest absolute Gasteiger partial charge is 0.507 e. The molecule has 3 aromatic carbocycles. The van der Waals surface area contributed by atoms with E-state index in [-0.39, 0.29) is 34.5 Å². The van der Waals surface area contributed by atoms with Gasteiger partial charge in [-0.1, -0.05) is 42.5 Å². The second-order valence-electron chi connectivity index (χ2n) is 7.66. The molecule has 0 aliphatic rings. The summed E-state index contributed by atoms with van der Waals surface area (Å²) in [6.45, 7) is -3.07. The molecular weight excluding hydrogens is 462 g/mol. The summed E-state index contributed by atoms with van der Waals surface area (Å²) in [4.78, 5) is 25.3. The number of carbonyl (C=O) groups is 1. The molecule has 4 rings (SSSR count). The molecular formula is C26H20F2O7. The van der Waals surface area contributed by atoms with E-state index in [1.54, 1.807) is 36.4 Å². The number of halogens is 2. The number of ether oxygens (including phenoxy) is 2. The number of aromatic hydroxyl groups is 2. The fourth-order valence-electron chi connectivity index (χ4n) is 3.95. The molecule has 1 atom stereocenters. The van der Waals surface area contributed by atoms with Crippen LogP contribution in [0.4, 0.5) is 8.78 Å². The molecule has 0 aliphatic heterocycles. The standard InChI is InChI=1S/C26H20F2O7/c1-33-22(32)11-17(15-8-5-9-16(10-15)34-26(27)28)23-18(29)12-19(30)24-20(31)13-21(35-25(23)24)14-6-3-2-4-7-14/h2-10,12-13,17,26,29-30H,11H2,1H3. The van der Waals surface area contributed by atoms with Gasteiger partial charge in [0.25, 0.3) is 0 Å². The van der Waals surface area contributed by atoms with E-state index in [0.29, 0.717) is 11.1 Å². The predicted molar refractivity (Wildman–Crippen MR) is 123 cm³/mol. The first-order chi connectivity index (χ1) is 16.8. The third-order valence-corrected chi connectivity index (χ3v) is 5.49. The van der Waals surface area contributed by atoms with Crippen LogP contribution in [0.3, 0.4) is 0 Å².